The van der Waals surface area contributed by atoms with Crippen molar-refractivity contribution in [3.8, 4) is 10.6 Å². The molecule has 3 N–H and O–H groups in total. The van der Waals surface area contributed by atoms with Crippen molar-refractivity contribution in [2.45, 2.75) is 38.5 Å². The number of hydrogen-bond donors (Lipinski definition) is 3. The van der Waals surface area contributed by atoms with Crippen molar-refractivity contribution in [3.05, 3.63) is 87.7 Å². The van der Waals surface area contributed by atoms with Gasteiger partial charge < -0.3 is 15.5 Å². The minimum atomic E-state index is -1.27. The van der Waals surface area contributed by atoms with Gasteiger partial charge in [0.15, 0.2) is 0 Å². The maximum Gasteiger partial charge on any atom is 0.335 e. The molecule has 5 rings (SSSR count). The van der Waals surface area contributed by atoms with Crippen molar-refractivity contribution in [3.63, 3.8) is 0 Å². The number of anilines is 2. The highest BCUT2D eigenvalue weighted by Gasteiger charge is 2.41. The molecular formula is C26H23FN4O3S. The molecule has 178 valence electrons. The van der Waals surface area contributed by atoms with Crippen LogP contribution in [-0.2, 0) is 12.0 Å². The average molecular weight is 491 g/mol. The number of nitrogens with one attached hydrogen (secondary N) is 1. The molecule has 3 aromatic heterocycles. The molecule has 7 nitrogen and oxygen atoms in total. The lowest BCUT2D eigenvalue weighted by atomic mass is 9.96. The molecule has 0 fully saturated rings. The van der Waals surface area contributed by atoms with E-state index in [0.717, 1.165) is 16.0 Å². The van der Waals surface area contributed by atoms with Gasteiger partial charge in [-0.15, -0.1) is 11.3 Å². The maximum absolute atomic E-state index is 13.7. The molecule has 0 amide bonds. The number of benzene rings is 1. The average Bonchev–Trinajstić information content (AvgIpc) is 3.45. The highest BCUT2D eigenvalue weighted by molar-refractivity contribution is 7.15. The number of fused-ring (bicyclic) bond motifs is 1. The second-order valence-electron chi connectivity index (χ2n) is 8.70. The minimum Gasteiger partial charge on any atom is -0.478 e. The highest BCUT2D eigenvalue weighted by atomic mass is 32.1. The number of halogens is 1. The Hall–Kier alpha value is -3.69. The Bertz CT molecular complexity index is 1440. The number of hydrogen-bond acceptors (Lipinski definition) is 7. The lowest BCUT2D eigenvalue weighted by Crippen LogP contribution is -2.23. The summed E-state index contributed by atoms with van der Waals surface area (Å²) in [5.41, 5.74) is 2.63. The van der Waals surface area contributed by atoms with Crippen LogP contribution >= 0.6 is 11.3 Å². The van der Waals surface area contributed by atoms with Gasteiger partial charge in [-0.3, -0.25) is 0 Å². The second kappa shape index (κ2) is 8.83. The fraction of sp³-hybridized carbons (Fsp3) is 0.231. The number of aliphatic hydroxyl groups is 1. The molecule has 0 unspecified atom stereocenters. The van der Waals surface area contributed by atoms with Gasteiger partial charge in [-0.25, -0.2) is 24.1 Å². The molecule has 4 aromatic rings. The van der Waals surface area contributed by atoms with E-state index in [4.69, 9.17) is 4.98 Å². The lowest BCUT2D eigenvalue weighted by molar-refractivity contribution is 0.0695. The van der Waals surface area contributed by atoms with Crippen LogP contribution in [0, 0.1) is 6.92 Å². The van der Waals surface area contributed by atoms with Crippen LogP contribution in [-0.4, -0.2) is 31.1 Å². The van der Waals surface area contributed by atoms with E-state index in [-0.39, 0.29) is 5.56 Å². The third-order valence-electron chi connectivity index (χ3n) is 6.13. The van der Waals surface area contributed by atoms with Crippen LogP contribution in [0.2, 0.25) is 0 Å². The molecule has 1 aliphatic rings. The molecule has 2 atom stereocenters. The van der Waals surface area contributed by atoms with E-state index in [0.29, 0.717) is 46.3 Å². The first-order chi connectivity index (χ1) is 16.7. The van der Waals surface area contributed by atoms with Crippen LogP contribution in [0.4, 0.5) is 16.0 Å². The maximum atomic E-state index is 13.7. The number of nitrogens with zero attached hydrogens (tertiary/aromatic N) is 3. The van der Waals surface area contributed by atoms with Crippen LogP contribution in [0.1, 0.15) is 57.1 Å². The third kappa shape index (κ3) is 4.40. The lowest BCUT2D eigenvalue weighted by Gasteiger charge is -2.21. The van der Waals surface area contributed by atoms with E-state index in [2.05, 4.69) is 15.3 Å². The van der Waals surface area contributed by atoms with Crippen LogP contribution in [0.5, 0.6) is 0 Å². The van der Waals surface area contributed by atoms with E-state index in [1.54, 1.807) is 36.7 Å². The molecule has 35 heavy (non-hydrogen) atoms. The van der Waals surface area contributed by atoms with Gasteiger partial charge in [0.25, 0.3) is 0 Å². The van der Waals surface area contributed by atoms with Crippen LogP contribution in [0.3, 0.4) is 0 Å². The zero-order valence-corrected chi connectivity index (χ0v) is 19.9. The Balaban J connectivity index is 1.44. The van der Waals surface area contributed by atoms with Crippen LogP contribution in [0.15, 0.2) is 54.9 Å². The number of thiazole rings is 1. The molecule has 0 spiro atoms. The zero-order chi connectivity index (χ0) is 24.7. The standard InChI is InChI=1S/C26H23FN4O3S/c1-14-9-20(30-23(10-14)31-22-12-16(15(2)27)6-8-28-22)21-13-29-25(35-21)26(34)7-5-17-11-18(24(32)33)3-4-19(17)26/h3-4,6,8-13,15,34H,5,7H2,1-2H3,(H,32,33)(H,28,30,31)/t15-,26+/m0/s1. The molecule has 0 bridgehead atoms. The number of carboxylic acid groups (broad SMARTS) is 1. The van der Waals surface area contributed by atoms with E-state index in [9.17, 15) is 19.4 Å². The number of aryl methyl sites for hydroxylation is 2. The van der Waals surface area contributed by atoms with Crippen molar-refractivity contribution in [1.82, 2.24) is 15.0 Å². The first kappa shape index (κ1) is 23.1. The Morgan fingerprint density at radius 1 is 1.17 bits per heavy atom. The molecule has 0 saturated heterocycles. The topological polar surface area (TPSA) is 108 Å². The monoisotopic (exact) mass is 490 g/mol. The van der Waals surface area contributed by atoms with Gasteiger partial charge in [-0.05, 0) is 85.3 Å². The summed E-state index contributed by atoms with van der Waals surface area (Å²) in [7, 11) is 0. The number of alkyl halides is 1. The summed E-state index contributed by atoms with van der Waals surface area (Å²) in [4.78, 5) is 25.6. The molecule has 1 aromatic carbocycles. The van der Waals surface area contributed by atoms with Crippen molar-refractivity contribution in [1.29, 1.82) is 0 Å². The SMILES string of the molecule is Cc1cc(Nc2cc([C@H](C)F)ccn2)nc(-c2cnc([C@@]3(O)CCc4cc(C(=O)O)ccc43)s2)c1. The van der Waals surface area contributed by atoms with Gasteiger partial charge in [0, 0.05) is 12.4 Å². The quantitative estimate of drug-likeness (QED) is 0.325. The van der Waals surface area contributed by atoms with Gasteiger partial charge in [-0.1, -0.05) is 6.07 Å². The number of aromatic nitrogens is 3. The fourth-order valence-corrected chi connectivity index (χ4v) is 5.35. The number of pyridine rings is 2. The smallest absolute Gasteiger partial charge is 0.335 e. The van der Waals surface area contributed by atoms with Gasteiger partial charge in [0.2, 0.25) is 0 Å². The molecule has 3 heterocycles. The Morgan fingerprint density at radius 3 is 2.77 bits per heavy atom. The van der Waals surface area contributed by atoms with Gasteiger partial charge in [0.05, 0.1) is 16.1 Å². The van der Waals surface area contributed by atoms with Crippen molar-refractivity contribution in [2.75, 3.05) is 5.32 Å². The summed E-state index contributed by atoms with van der Waals surface area (Å²) in [5, 5.41) is 24.5. The normalized spacial score (nSPS) is 17.7. The first-order valence-corrected chi connectivity index (χ1v) is 12.0. The van der Waals surface area contributed by atoms with Crippen LogP contribution in [0.25, 0.3) is 10.6 Å². The third-order valence-corrected chi connectivity index (χ3v) is 7.31. The van der Waals surface area contributed by atoms with Gasteiger partial charge in [-0.2, -0.15) is 0 Å². The summed E-state index contributed by atoms with van der Waals surface area (Å²) in [5.74, 6) is 0.0757. The van der Waals surface area contributed by atoms with E-state index in [1.807, 2.05) is 19.1 Å². The number of carboxylic acids is 1. The second-order valence-corrected chi connectivity index (χ2v) is 9.73. The summed E-state index contributed by atoms with van der Waals surface area (Å²) in [6, 6.07) is 11.9. The Kier molecular flexibility index (Phi) is 5.82. The number of aromatic carboxylic acids is 1. The number of rotatable bonds is 6. The largest absolute Gasteiger partial charge is 0.478 e. The van der Waals surface area contributed by atoms with Gasteiger partial charge >= 0.3 is 5.97 Å². The van der Waals surface area contributed by atoms with E-state index < -0.39 is 17.7 Å². The van der Waals surface area contributed by atoms with E-state index in [1.165, 1.54) is 24.3 Å². The molecule has 0 radical (unpaired) electrons. The van der Waals surface area contributed by atoms with Crippen molar-refractivity contribution >= 4 is 28.9 Å². The Labute approximate surface area is 205 Å². The predicted octanol–water partition coefficient (Wildman–Crippen LogP) is 5.56. The predicted molar refractivity (Wildman–Crippen MR) is 132 cm³/mol. The zero-order valence-electron chi connectivity index (χ0n) is 19.1. The summed E-state index contributed by atoms with van der Waals surface area (Å²) in [6.45, 7) is 3.43. The van der Waals surface area contributed by atoms with Gasteiger partial charge in [0.1, 0.15) is 28.4 Å². The molecule has 0 aliphatic heterocycles. The van der Waals surface area contributed by atoms with Crippen molar-refractivity contribution in [2.24, 2.45) is 0 Å². The van der Waals surface area contributed by atoms with Crippen molar-refractivity contribution < 1.29 is 19.4 Å². The first-order valence-electron chi connectivity index (χ1n) is 11.1. The summed E-state index contributed by atoms with van der Waals surface area (Å²) < 4.78 is 13.7. The fourth-order valence-electron chi connectivity index (χ4n) is 4.34. The molecule has 9 heteroatoms. The number of carbonyl (C=O) groups is 1. The molecule has 1 aliphatic carbocycles. The van der Waals surface area contributed by atoms with E-state index >= 15 is 0 Å². The summed E-state index contributed by atoms with van der Waals surface area (Å²) >= 11 is 1.35. The highest BCUT2D eigenvalue weighted by Crippen LogP contribution is 2.45. The molecule has 0 saturated carbocycles. The minimum absolute atomic E-state index is 0.206. The Morgan fingerprint density at radius 2 is 2.00 bits per heavy atom. The van der Waals surface area contributed by atoms with Crippen LogP contribution < -0.4 is 5.32 Å². The summed E-state index contributed by atoms with van der Waals surface area (Å²) in [6.07, 6.45) is 3.15. The molecular weight excluding hydrogens is 467 g/mol.